The topological polar surface area (TPSA) is 37.8 Å². The maximum Gasteiger partial charge on any atom is 0.123 e. The Bertz CT molecular complexity index is 557. The van der Waals surface area contributed by atoms with E-state index in [4.69, 9.17) is 0 Å². The van der Waals surface area contributed by atoms with Gasteiger partial charge in [-0.1, -0.05) is 15.9 Å². The van der Waals surface area contributed by atoms with Crippen molar-refractivity contribution in [3.63, 3.8) is 0 Å². The summed E-state index contributed by atoms with van der Waals surface area (Å²) in [6.45, 7) is 1.90. The zero-order chi connectivity index (χ0) is 13.8. The lowest BCUT2D eigenvalue weighted by Crippen LogP contribution is -2.20. The molecule has 1 aromatic heterocycles. The molecule has 1 aromatic carbocycles. The van der Waals surface area contributed by atoms with E-state index in [0.29, 0.717) is 6.42 Å². The van der Waals surface area contributed by atoms with Crippen molar-refractivity contribution in [3.05, 3.63) is 57.8 Å². The van der Waals surface area contributed by atoms with Crippen molar-refractivity contribution in [2.45, 2.75) is 19.4 Å². The number of hydrogen-bond donors (Lipinski definition) is 1. The number of nitrogens with zero attached hydrogens (tertiary/aromatic N) is 2. The van der Waals surface area contributed by atoms with E-state index in [0.717, 1.165) is 21.4 Å². The number of likely N-dealkylation sites (N-methyl/N-ethyl adjacent to an activating group) is 1. The van der Waals surface area contributed by atoms with Crippen molar-refractivity contribution >= 4 is 15.9 Å². The van der Waals surface area contributed by atoms with Crippen LogP contribution in [0.15, 0.2) is 35.1 Å². The zero-order valence-corrected chi connectivity index (χ0v) is 12.4. The normalized spacial score (nSPS) is 12.4. The smallest absolute Gasteiger partial charge is 0.123 e. The lowest BCUT2D eigenvalue weighted by atomic mass is 10.0. The minimum absolute atomic E-state index is 0.00574. The first-order chi connectivity index (χ1) is 9.10. The minimum atomic E-state index is -0.233. The van der Waals surface area contributed by atoms with E-state index < -0.39 is 0 Å². The molecule has 2 aromatic rings. The van der Waals surface area contributed by atoms with E-state index in [1.54, 1.807) is 18.5 Å². The number of rotatable bonds is 4. The van der Waals surface area contributed by atoms with E-state index in [1.165, 1.54) is 12.1 Å². The van der Waals surface area contributed by atoms with E-state index in [-0.39, 0.29) is 11.9 Å². The summed E-state index contributed by atoms with van der Waals surface area (Å²) in [5.41, 5.74) is 2.64. The Morgan fingerprint density at radius 1 is 1.32 bits per heavy atom. The van der Waals surface area contributed by atoms with Crippen molar-refractivity contribution in [2.75, 3.05) is 7.05 Å². The molecular formula is C14H15BrFN3. The first-order valence-electron chi connectivity index (χ1n) is 6.00. The Balaban J connectivity index is 2.23. The van der Waals surface area contributed by atoms with Gasteiger partial charge in [-0.3, -0.25) is 9.97 Å². The average Bonchev–Trinajstić information content (AvgIpc) is 2.41. The number of aryl methyl sites for hydroxylation is 1. The van der Waals surface area contributed by atoms with Crippen molar-refractivity contribution in [3.8, 4) is 0 Å². The molecule has 2 rings (SSSR count). The van der Waals surface area contributed by atoms with E-state index in [9.17, 15) is 4.39 Å². The molecule has 0 spiro atoms. The van der Waals surface area contributed by atoms with Gasteiger partial charge in [0.25, 0.3) is 0 Å². The number of benzene rings is 1. The standard InChI is InChI=1S/C14H15BrFN3/c1-9-7-19-14(8-18-9)13(17-2)6-10-5-11(16)3-4-12(10)15/h3-5,7-8,13,17H,6H2,1-2H3. The van der Waals surface area contributed by atoms with Crippen LogP contribution in [0.5, 0.6) is 0 Å². The SMILES string of the molecule is CNC(Cc1cc(F)ccc1Br)c1cnc(C)cn1. The summed E-state index contributed by atoms with van der Waals surface area (Å²) in [4.78, 5) is 8.60. The summed E-state index contributed by atoms with van der Waals surface area (Å²) in [6.07, 6.45) is 4.14. The third-order valence-corrected chi connectivity index (χ3v) is 3.71. The Labute approximate surface area is 120 Å². The molecule has 0 aliphatic heterocycles. The molecule has 1 N–H and O–H groups in total. The molecule has 0 fully saturated rings. The number of halogens is 2. The van der Waals surface area contributed by atoms with Crippen LogP contribution in [-0.4, -0.2) is 17.0 Å². The molecule has 0 saturated heterocycles. The van der Waals surface area contributed by atoms with Crippen LogP contribution in [0, 0.1) is 12.7 Å². The molecule has 0 amide bonds. The van der Waals surface area contributed by atoms with Crippen LogP contribution < -0.4 is 5.32 Å². The van der Waals surface area contributed by atoms with Gasteiger partial charge in [-0.25, -0.2) is 4.39 Å². The highest BCUT2D eigenvalue weighted by Gasteiger charge is 2.14. The molecule has 0 aliphatic rings. The van der Waals surface area contributed by atoms with Crippen LogP contribution in [0.3, 0.4) is 0 Å². The van der Waals surface area contributed by atoms with Gasteiger partial charge in [0.15, 0.2) is 0 Å². The Morgan fingerprint density at radius 2 is 2.11 bits per heavy atom. The number of hydrogen-bond acceptors (Lipinski definition) is 3. The highest BCUT2D eigenvalue weighted by atomic mass is 79.9. The van der Waals surface area contributed by atoms with E-state index >= 15 is 0 Å². The van der Waals surface area contributed by atoms with Crippen molar-refractivity contribution < 1.29 is 4.39 Å². The van der Waals surface area contributed by atoms with Crippen LogP contribution in [0.4, 0.5) is 4.39 Å². The van der Waals surface area contributed by atoms with Gasteiger partial charge in [0.2, 0.25) is 0 Å². The third kappa shape index (κ3) is 3.58. The molecule has 0 aliphatic carbocycles. The highest BCUT2D eigenvalue weighted by Crippen LogP contribution is 2.23. The second-order valence-corrected chi connectivity index (χ2v) is 5.22. The fourth-order valence-electron chi connectivity index (χ4n) is 1.86. The second-order valence-electron chi connectivity index (χ2n) is 4.36. The molecule has 0 saturated carbocycles. The fourth-order valence-corrected chi connectivity index (χ4v) is 2.27. The third-order valence-electron chi connectivity index (χ3n) is 2.94. The van der Waals surface area contributed by atoms with Gasteiger partial charge in [-0.2, -0.15) is 0 Å². The van der Waals surface area contributed by atoms with Crippen LogP contribution in [0.1, 0.15) is 23.0 Å². The molecule has 100 valence electrons. The maximum atomic E-state index is 13.3. The molecule has 19 heavy (non-hydrogen) atoms. The van der Waals surface area contributed by atoms with Gasteiger partial charge in [0.1, 0.15) is 5.82 Å². The second kappa shape index (κ2) is 6.21. The fraction of sp³-hybridized carbons (Fsp3) is 0.286. The van der Waals surface area contributed by atoms with Crippen molar-refractivity contribution in [1.82, 2.24) is 15.3 Å². The average molecular weight is 324 g/mol. The Morgan fingerprint density at radius 3 is 2.74 bits per heavy atom. The van der Waals surface area contributed by atoms with Crippen LogP contribution >= 0.6 is 15.9 Å². The summed E-state index contributed by atoms with van der Waals surface area (Å²) in [7, 11) is 1.86. The lowest BCUT2D eigenvalue weighted by Gasteiger charge is -2.16. The molecule has 5 heteroatoms. The maximum absolute atomic E-state index is 13.3. The van der Waals surface area contributed by atoms with E-state index in [2.05, 4.69) is 31.2 Å². The monoisotopic (exact) mass is 323 g/mol. The lowest BCUT2D eigenvalue weighted by molar-refractivity contribution is 0.566. The molecular weight excluding hydrogens is 309 g/mol. The molecule has 1 atom stereocenters. The summed E-state index contributed by atoms with van der Waals surface area (Å²) < 4.78 is 14.2. The van der Waals surface area contributed by atoms with E-state index in [1.807, 2.05) is 14.0 Å². The predicted octanol–water partition coefficient (Wildman–Crippen LogP) is 3.19. The van der Waals surface area contributed by atoms with Gasteiger partial charge in [0, 0.05) is 10.7 Å². The Hall–Kier alpha value is -1.33. The molecule has 1 heterocycles. The van der Waals surface area contributed by atoms with Gasteiger partial charge in [0.05, 0.1) is 23.6 Å². The van der Waals surface area contributed by atoms with Crippen LogP contribution in [-0.2, 0) is 6.42 Å². The largest absolute Gasteiger partial charge is 0.311 e. The van der Waals surface area contributed by atoms with Gasteiger partial charge >= 0.3 is 0 Å². The van der Waals surface area contributed by atoms with Crippen molar-refractivity contribution in [2.24, 2.45) is 0 Å². The van der Waals surface area contributed by atoms with Gasteiger partial charge in [-0.05, 0) is 44.2 Å². The number of nitrogens with one attached hydrogen (secondary N) is 1. The first kappa shape index (κ1) is 14.1. The summed E-state index contributed by atoms with van der Waals surface area (Å²) in [5, 5.41) is 3.19. The summed E-state index contributed by atoms with van der Waals surface area (Å²) in [6, 6.07) is 4.70. The first-order valence-corrected chi connectivity index (χ1v) is 6.79. The molecule has 0 bridgehead atoms. The predicted molar refractivity (Wildman–Crippen MR) is 76.4 cm³/mol. The highest BCUT2D eigenvalue weighted by molar-refractivity contribution is 9.10. The Kier molecular flexibility index (Phi) is 4.61. The summed E-state index contributed by atoms with van der Waals surface area (Å²) in [5.74, 6) is -0.233. The van der Waals surface area contributed by atoms with Crippen LogP contribution in [0.25, 0.3) is 0 Å². The quantitative estimate of drug-likeness (QED) is 0.939. The van der Waals surface area contributed by atoms with Crippen molar-refractivity contribution in [1.29, 1.82) is 0 Å². The molecule has 0 radical (unpaired) electrons. The van der Waals surface area contributed by atoms with Gasteiger partial charge < -0.3 is 5.32 Å². The zero-order valence-electron chi connectivity index (χ0n) is 10.8. The van der Waals surface area contributed by atoms with Gasteiger partial charge in [-0.15, -0.1) is 0 Å². The van der Waals surface area contributed by atoms with Crippen LogP contribution in [0.2, 0.25) is 0 Å². The number of aromatic nitrogens is 2. The molecule has 1 unspecified atom stereocenters. The molecule has 3 nitrogen and oxygen atoms in total. The minimum Gasteiger partial charge on any atom is -0.311 e. The summed E-state index contributed by atoms with van der Waals surface area (Å²) >= 11 is 3.44.